The fourth-order valence-corrected chi connectivity index (χ4v) is 3.59. The second-order valence-electron chi connectivity index (χ2n) is 7.18. The smallest absolute Gasteiger partial charge is 0.0623 e. The molecular formula is C17H33ClO. The molecule has 0 spiro atoms. The third-order valence-electron chi connectivity index (χ3n) is 5.23. The van der Waals surface area contributed by atoms with Gasteiger partial charge in [0, 0.05) is 13.0 Å². The minimum atomic E-state index is -0.00187. The van der Waals surface area contributed by atoms with Crippen molar-refractivity contribution < 1.29 is 4.74 Å². The van der Waals surface area contributed by atoms with Crippen molar-refractivity contribution in [2.24, 2.45) is 11.3 Å². The number of methoxy groups -OCH3 is 1. The van der Waals surface area contributed by atoms with Crippen LogP contribution < -0.4 is 0 Å². The molecule has 1 fully saturated rings. The first-order chi connectivity index (χ1) is 8.97. The Morgan fingerprint density at radius 2 is 1.89 bits per heavy atom. The zero-order valence-corrected chi connectivity index (χ0v) is 14.2. The number of alkyl halides is 1. The minimum absolute atomic E-state index is 0.00187. The summed E-state index contributed by atoms with van der Waals surface area (Å²) < 4.78 is 5.55. The lowest BCUT2D eigenvalue weighted by atomic mass is 9.67. The van der Waals surface area contributed by atoms with Gasteiger partial charge in [-0.1, -0.05) is 26.2 Å². The van der Waals surface area contributed by atoms with Gasteiger partial charge in [-0.3, -0.25) is 0 Å². The topological polar surface area (TPSA) is 9.23 Å². The first-order valence-corrected chi connectivity index (χ1v) is 8.61. The molecule has 0 aromatic carbocycles. The Bertz CT molecular complexity index is 242. The number of unbranched alkanes of at least 4 members (excludes halogenated alkanes) is 1. The van der Waals surface area contributed by atoms with E-state index in [4.69, 9.17) is 16.3 Å². The molecule has 0 aromatic heterocycles. The normalized spacial score (nSPS) is 28.6. The lowest BCUT2D eigenvalue weighted by Gasteiger charge is -2.40. The zero-order chi connectivity index (χ0) is 14.4. The van der Waals surface area contributed by atoms with Gasteiger partial charge >= 0.3 is 0 Å². The largest absolute Gasteiger partial charge is 0.379 e. The summed E-state index contributed by atoms with van der Waals surface area (Å²) in [5.41, 5.74) is 0.387. The molecule has 1 rings (SSSR count). The summed E-state index contributed by atoms with van der Waals surface area (Å²) in [4.78, 5) is 0. The monoisotopic (exact) mass is 288 g/mol. The van der Waals surface area contributed by atoms with E-state index in [2.05, 4.69) is 20.8 Å². The summed E-state index contributed by atoms with van der Waals surface area (Å²) in [5, 5.41) is 0. The average Bonchev–Trinajstić information content (AvgIpc) is 2.44. The van der Waals surface area contributed by atoms with Crippen LogP contribution in [0.3, 0.4) is 0 Å². The zero-order valence-electron chi connectivity index (χ0n) is 13.4. The molecule has 0 bridgehead atoms. The van der Waals surface area contributed by atoms with Gasteiger partial charge in [-0.25, -0.2) is 0 Å². The maximum atomic E-state index is 6.32. The Morgan fingerprint density at radius 3 is 2.37 bits per heavy atom. The fourth-order valence-electron chi connectivity index (χ4n) is 3.19. The van der Waals surface area contributed by atoms with Crippen LogP contribution in [-0.2, 0) is 4.74 Å². The van der Waals surface area contributed by atoms with Crippen molar-refractivity contribution in [1.82, 2.24) is 0 Å². The van der Waals surface area contributed by atoms with Crippen molar-refractivity contribution in [1.29, 1.82) is 0 Å². The molecule has 1 nitrogen and oxygen atoms in total. The van der Waals surface area contributed by atoms with Crippen molar-refractivity contribution in [3.63, 3.8) is 0 Å². The van der Waals surface area contributed by atoms with E-state index in [1.807, 2.05) is 7.11 Å². The lowest BCUT2D eigenvalue weighted by Crippen LogP contribution is -2.33. The highest BCUT2D eigenvalue weighted by atomic mass is 35.5. The summed E-state index contributed by atoms with van der Waals surface area (Å²) in [5.74, 6) is 1.79. The summed E-state index contributed by atoms with van der Waals surface area (Å²) >= 11 is 6.32. The second kappa shape index (κ2) is 7.88. The van der Waals surface area contributed by atoms with Gasteiger partial charge in [0.15, 0.2) is 0 Å². The van der Waals surface area contributed by atoms with E-state index >= 15 is 0 Å². The van der Waals surface area contributed by atoms with Gasteiger partial charge in [-0.05, 0) is 63.7 Å². The predicted octanol–water partition coefficient (Wildman–Crippen LogP) is 5.80. The predicted molar refractivity (Wildman–Crippen MR) is 85.0 cm³/mol. The molecule has 114 valence electrons. The van der Waals surface area contributed by atoms with Gasteiger partial charge in [0.1, 0.15) is 0 Å². The Balaban J connectivity index is 2.42. The third kappa shape index (κ3) is 5.63. The molecule has 1 saturated carbocycles. The molecule has 1 aliphatic carbocycles. The Kier molecular flexibility index (Phi) is 7.18. The lowest BCUT2D eigenvalue weighted by molar-refractivity contribution is -0.0000988. The molecule has 0 unspecified atom stereocenters. The minimum Gasteiger partial charge on any atom is -0.379 e. The van der Waals surface area contributed by atoms with Gasteiger partial charge < -0.3 is 4.74 Å². The Hall–Kier alpha value is 0.250. The molecule has 0 aliphatic heterocycles. The number of rotatable bonds is 8. The van der Waals surface area contributed by atoms with Gasteiger partial charge in [-0.2, -0.15) is 0 Å². The van der Waals surface area contributed by atoms with Crippen molar-refractivity contribution in [3.8, 4) is 0 Å². The van der Waals surface area contributed by atoms with Crippen LogP contribution >= 0.6 is 11.6 Å². The van der Waals surface area contributed by atoms with Crippen LogP contribution in [0.5, 0.6) is 0 Å². The SMILES string of the molecule is CCCCC1CCC(CCl)(CCC(C)(C)OC)CC1. The molecule has 0 N–H and O–H groups in total. The van der Waals surface area contributed by atoms with Crippen LogP contribution in [0, 0.1) is 11.3 Å². The van der Waals surface area contributed by atoms with Crippen molar-refractivity contribution >= 4 is 11.6 Å². The van der Waals surface area contributed by atoms with E-state index in [-0.39, 0.29) is 5.60 Å². The van der Waals surface area contributed by atoms with E-state index in [9.17, 15) is 0 Å². The highest BCUT2D eigenvalue weighted by molar-refractivity contribution is 6.18. The maximum Gasteiger partial charge on any atom is 0.0623 e. The van der Waals surface area contributed by atoms with Crippen LogP contribution in [0.15, 0.2) is 0 Å². The molecular weight excluding hydrogens is 256 g/mol. The van der Waals surface area contributed by atoms with Crippen LogP contribution in [0.25, 0.3) is 0 Å². The van der Waals surface area contributed by atoms with Crippen LogP contribution in [0.2, 0.25) is 0 Å². The summed E-state index contributed by atoms with van der Waals surface area (Å²) in [6.07, 6.45) is 11.9. The number of ether oxygens (including phenoxy) is 1. The van der Waals surface area contributed by atoms with Crippen LogP contribution in [0.4, 0.5) is 0 Å². The average molecular weight is 289 g/mol. The van der Waals surface area contributed by atoms with Gasteiger partial charge in [0.25, 0.3) is 0 Å². The summed E-state index contributed by atoms with van der Waals surface area (Å²) in [7, 11) is 1.81. The molecule has 1 aliphatic rings. The highest BCUT2D eigenvalue weighted by Crippen LogP contribution is 2.45. The van der Waals surface area contributed by atoms with Crippen molar-refractivity contribution in [2.75, 3.05) is 13.0 Å². The first kappa shape index (κ1) is 17.3. The van der Waals surface area contributed by atoms with Gasteiger partial charge in [0.05, 0.1) is 5.60 Å². The standard InChI is InChI=1S/C17H33ClO/c1-5-6-7-15-8-10-17(14-18,11-9-15)13-12-16(2,3)19-4/h15H,5-14H2,1-4H3. The second-order valence-corrected chi connectivity index (χ2v) is 7.45. The summed E-state index contributed by atoms with van der Waals surface area (Å²) in [6.45, 7) is 6.66. The number of hydrogen-bond donors (Lipinski definition) is 0. The molecule has 19 heavy (non-hydrogen) atoms. The molecule has 2 heteroatoms. The van der Waals surface area contributed by atoms with Crippen LogP contribution in [-0.4, -0.2) is 18.6 Å². The van der Waals surface area contributed by atoms with Crippen molar-refractivity contribution in [2.45, 2.75) is 84.2 Å². The maximum absolute atomic E-state index is 6.32. The van der Waals surface area contributed by atoms with E-state index in [1.54, 1.807) is 0 Å². The van der Waals surface area contributed by atoms with E-state index < -0.39 is 0 Å². The Labute approximate surface area is 125 Å². The third-order valence-corrected chi connectivity index (χ3v) is 5.79. The summed E-state index contributed by atoms with van der Waals surface area (Å²) in [6, 6.07) is 0. The van der Waals surface area contributed by atoms with Gasteiger partial charge in [-0.15, -0.1) is 11.6 Å². The van der Waals surface area contributed by atoms with E-state index in [0.29, 0.717) is 5.41 Å². The quantitative estimate of drug-likeness (QED) is 0.513. The van der Waals surface area contributed by atoms with E-state index in [0.717, 1.165) is 18.2 Å². The van der Waals surface area contributed by atoms with Gasteiger partial charge in [0.2, 0.25) is 0 Å². The van der Waals surface area contributed by atoms with E-state index in [1.165, 1.54) is 51.4 Å². The Morgan fingerprint density at radius 1 is 1.26 bits per heavy atom. The molecule has 0 atom stereocenters. The number of halogens is 1. The number of hydrogen-bond acceptors (Lipinski definition) is 1. The molecule has 0 heterocycles. The molecule has 0 saturated heterocycles. The molecule has 0 aromatic rings. The van der Waals surface area contributed by atoms with Crippen LogP contribution in [0.1, 0.15) is 78.6 Å². The first-order valence-electron chi connectivity index (χ1n) is 8.08. The van der Waals surface area contributed by atoms with Crippen molar-refractivity contribution in [3.05, 3.63) is 0 Å². The highest BCUT2D eigenvalue weighted by Gasteiger charge is 2.35. The fraction of sp³-hybridized carbons (Fsp3) is 1.00. The molecule has 0 amide bonds. The molecule has 0 radical (unpaired) electrons.